The van der Waals surface area contributed by atoms with Gasteiger partial charge in [0.15, 0.2) is 0 Å². The molecule has 282 valence electrons. The lowest BCUT2D eigenvalue weighted by atomic mass is 9.84. The molecule has 0 aliphatic rings. The molecule has 61 heavy (non-hydrogen) atoms. The monoisotopic (exact) mass is 792 g/mol. The van der Waals surface area contributed by atoms with Crippen LogP contribution in [-0.2, 0) is 0 Å². The molecule has 0 atom stereocenters. The zero-order chi connectivity index (χ0) is 39.8. The van der Waals surface area contributed by atoms with Gasteiger partial charge in [-0.05, 0) is 102 Å². The Morgan fingerprint density at radius 1 is 0.311 bits per heavy atom. The molecule has 0 N–H and O–H groups in total. The molecule has 0 aliphatic carbocycles. The first-order valence-electron chi connectivity index (χ1n) is 20.8. The molecular weight excluding hydrogens is 761 g/mol. The van der Waals surface area contributed by atoms with Crippen LogP contribution in [0.25, 0.3) is 141 Å². The number of hydrogen-bond donors (Lipinski definition) is 0. The van der Waals surface area contributed by atoms with Crippen LogP contribution >= 0.6 is 11.3 Å². The molecule has 14 aromatic rings. The highest BCUT2D eigenvalue weighted by molar-refractivity contribution is 7.26. The Morgan fingerprint density at radius 2 is 0.918 bits per heavy atom. The van der Waals surface area contributed by atoms with Gasteiger partial charge in [-0.2, -0.15) is 0 Å². The summed E-state index contributed by atoms with van der Waals surface area (Å²) < 4.78 is 16.0. The summed E-state index contributed by atoms with van der Waals surface area (Å²) in [4.78, 5) is 0. The van der Waals surface area contributed by atoms with Crippen molar-refractivity contribution in [2.75, 3.05) is 0 Å². The maximum atomic E-state index is 6.94. The highest BCUT2D eigenvalue weighted by Crippen LogP contribution is 2.50. The van der Waals surface area contributed by atoms with Crippen LogP contribution in [0.3, 0.4) is 0 Å². The predicted molar refractivity (Wildman–Crippen MR) is 260 cm³/mol. The minimum Gasteiger partial charge on any atom is -0.455 e. The minimum absolute atomic E-state index is 0.831. The molecule has 0 bridgehead atoms. The van der Waals surface area contributed by atoms with Gasteiger partial charge in [0.25, 0.3) is 0 Å². The van der Waals surface area contributed by atoms with Crippen LogP contribution < -0.4 is 0 Å². The lowest BCUT2D eigenvalue weighted by molar-refractivity contribution is 0.663. The lowest BCUT2D eigenvalue weighted by Gasteiger charge is -2.19. The van der Waals surface area contributed by atoms with Crippen molar-refractivity contribution in [2.24, 2.45) is 0 Å². The van der Waals surface area contributed by atoms with E-state index in [1.54, 1.807) is 0 Å². The van der Waals surface area contributed by atoms with Crippen LogP contribution in [0.1, 0.15) is 0 Å². The second kappa shape index (κ2) is 12.4. The van der Waals surface area contributed by atoms with Gasteiger partial charge in [-0.3, -0.25) is 0 Å². The normalized spacial score (nSPS) is 12.3. The Labute approximate surface area is 353 Å². The summed E-state index contributed by atoms with van der Waals surface area (Å²) in [5.74, 6) is 0. The molecule has 3 heterocycles. The van der Waals surface area contributed by atoms with E-state index in [1.807, 2.05) is 23.5 Å². The third kappa shape index (κ3) is 4.61. The van der Waals surface area contributed by atoms with Gasteiger partial charge in [0.05, 0.1) is 5.39 Å². The topological polar surface area (TPSA) is 26.3 Å². The maximum Gasteiger partial charge on any atom is 0.147 e. The number of thiophene rings is 1. The average molecular weight is 793 g/mol. The van der Waals surface area contributed by atoms with Crippen molar-refractivity contribution in [3.63, 3.8) is 0 Å². The number of furan rings is 2. The lowest BCUT2D eigenvalue weighted by Crippen LogP contribution is -1.91. The molecule has 0 unspecified atom stereocenters. The second-order valence-electron chi connectivity index (χ2n) is 16.2. The minimum atomic E-state index is 0.831. The molecule has 0 radical (unpaired) electrons. The van der Waals surface area contributed by atoms with E-state index in [0.717, 1.165) is 49.4 Å². The number of para-hydroxylation sites is 1. The first-order valence-corrected chi connectivity index (χ1v) is 21.6. The Bertz CT molecular complexity index is 4120. The third-order valence-corrected chi connectivity index (χ3v) is 14.3. The highest BCUT2D eigenvalue weighted by atomic mass is 32.1. The van der Waals surface area contributed by atoms with E-state index in [9.17, 15) is 0 Å². The summed E-state index contributed by atoms with van der Waals surface area (Å²) in [6, 6.07) is 70.7. The molecule has 0 saturated carbocycles. The van der Waals surface area contributed by atoms with Gasteiger partial charge in [0.2, 0.25) is 0 Å². The van der Waals surface area contributed by atoms with Gasteiger partial charge in [0, 0.05) is 47.5 Å². The number of hydrogen-bond acceptors (Lipinski definition) is 3. The highest BCUT2D eigenvalue weighted by Gasteiger charge is 2.24. The van der Waals surface area contributed by atoms with E-state index >= 15 is 0 Å². The summed E-state index contributed by atoms with van der Waals surface area (Å²) in [6.45, 7) is 0. The fourth-order valence-electron chi connectivity index (χ4n) is 10.4. The van der Waals surface area contributed by atoms with Crippen LogP contribution in [0, 0.1) is 0 Å². The van der Waals surface area contributed by atoms with E-state index < -0.39 is 0 Å². The fraction of sp³-hybridized carbons (Fsp3) is 0. The van der Waals surface area contributed by atoms with Gasteiger partial charge >= 0.3 is 0 Å². The Hall–Kier alpha value is -7.72. The second-order valence-corrected chi connectivity index (χ2v) is 17.3. The SMILES string of the molecule is c1ccc2c(-c3c4ccccc4c(-c4ccc5sc6c(-c7c8ccccc8cc8c7oc7ccc9c%10ccccc%10oc9c78)cccc6c5c4)c4ccccc34)cccc2c1. The van der Waals surface area contributed by atoms with Crippen molar-refractivity contribution in [2.45, 2.75) is 0 Å². The summed E-state index contributed by atoms with van der Waals surface area (Å²) in [7, 11) is 0. The summed E-state index contributed by atoms with van der Waals surface area (Å²) >= 11 is 1.86. The Morgan fingerprint density at radius 3 is 1.72 bits per heavy atom. The van der Waals surface area contributed by atoms with Gasteiger partial charge in [-0.1, -0.05) is 158 Å². The van der Waals surface area contributed by atoms with E-state index in [1.165, 1.54) is 91.1 Å². The summed E-state index contributed by atoms with van der Waals surface area (Å²) in [5.41, 5.74) is 10.8. The van der Waals surface area contributed by atoms with Crippen LogP contribution in [0.15, 0.2) is 203 Å². The molecular formula is C58H32O2S. The molecule has 0 saturated heterocycles. The Kier molecular flexibility index (Phi) is 6.74. The molecule has 0 aliphatic heterocycles. The molecule has 2 nitrogen and oxygen atoms in total. The van der Waals surface area contributed by atoms with Gasteiger partial charge in [-0.25, -0.2) is 0 Å². The molecule has 3 aromatic heterocycles. The average Bonchev–Trinajstić information content (AvgIpc) is 4.01. The Balaban J connectivity index is 1.02. The van der Waals surface area contributed by atoms with Crippen LogP contribution in [0.5, 0.6) is 0 Å². The molecule has 0 amide bonds. The molecule has 0 spiro atoms. The van der Waals surface area contributed by atoms with Crippen molar-refractivity contribution in [1.29, 1.82) is 0 Å². The standard InChI is InChI=1S/C58H32O2S/c1-3-16-36-33(13-1)15-11-23-39(36)53-42-21-7-5-19-40(42)52(41-20-6-8-22-43(41)53)35-27-30-51-47(32-35)45-24-12-25-46(58(45)61-51)54-37-17-4-2-14-34(37)31-48-55-50(60-57(48)54)29-28-44-38-18-9-10-26-49(38)59-56(44)55/h1-32H. The molecule has 11 aromatic carbocycles. The van der Waals surface area contributed by atoms with E-state index in [0.29, 0.717) is 0 Å². The van der Waals surface area contributed by atoms with Gasteiger partial charge in [0.1, 0.15) is 22.3 Å². The third-order valence-electron chi connectivity index (χ3n) is 13.0. The van der Waals surface area contributed by atoms with E-state index in [-0.39, 0.29) is 0 Å². The first-order chi connectivity index (χ1) is 30.3. The van der Waals surface area contributed by atoms with Gasteiger partial charge in [-0.15, -0.1) is 11.3 Å². The zero-order valence-electron chi connectivity index (χ0n) is 32.7. The van der Waals surface area contributed by atoms with Crippen molar-refractivity contribution >= 4 is 118 Å². The van der Waals surface area contributed by atoms with Crippen molar-refractivity contribution in [3.8, 4) is 33.4 Å². The van der Waals surface area contributed by atoms with Crippen LogP contribution in [-0.4, -0.2) is 0 Å². The van der Waals surface area contributed by atoms with Crippen LogP contribution in [0.2, 0.25) is 0 Å². The number of benzene rings is 11. The van der Waals surface area contributed by atoms with E-state index in [4.69, 9.17) is 8.83 Å². The predicted octanol–water partition coefficient (Wildman–Crippen LogP) is 17.5. The van der Waals surface area contributed by atoms with Crippen molar-refractivity contribution < 1.29 is 8.83 Å². The van der Waals surface area contributed by atoms with Crippen molar-refractivity contribution in [3.05, 3.63) is 194 Å². The quantitative estimate of drug-likeness (QED) is 0.167. The largest absolute Gasteiger partial charge is 0.455 e. The zero-order valence-corrected chi connectivity index (χ0v) is 33.5. The maximum absolute atomic E-state index is 6.94. The summed E-state index contributed by atoms with van der Waals surface area (Å²) in [6.07, 6.45) is 0. The first kappa shape index (κ1) is 33.1. The number of rotatable bonds is 3. The molecule has 0 fully saturated rings. The molecule has 14 rings (SSSR count). The van der Waals surface area contributed by atoms with Crippen molar-refractivity contribution in [1.82, 2.24) is 0 Å². The smallest absolute Gasteiger partial charge is 0.147 e. The summed E-state index contributed by atoms with van der Waals surface area (Å²) in [5, 5.41) is 16.7. The van der Waals surface area contributed by atoms with E-state index in [2.05, 4.69) is 182 Å². The number of fused-ring (bicyclic) bond motifs is 14. The van der Waals surface area contributed by atoms with Crippen LogP contribution in [0.4, 0.5) is 0 Å². The molecule has 3 heteroatoms. The van der Waals surface area contributed by atoms with Gasteiger partial charge < -0.3 is 8.83 Å². The fourth-order valence-corrected chi connectivity index (χ4v) is 11.6.